The Balaban J connectivity index is 1.88. The highest BCUT2D eigenvalue weighted by molar-refractivity contribution is 5.17. The molecule has 2 rings (SSSR count). The molecule has 1 aromatic rings. The Hall–Kier alpha value is -0.800. The van der Waals surface area contributed by atoms with Gasteiger partial charge in [-0.15, -0.1) is 0 Å². The molecule has 0 aliphatic carbocycles. The van der Waals surface area contributed by atoms with E-state index in [2.05, 4.69) is 44.0 Å². The van der Waals surface area contributed by atoms with Crippen LogP contribution in [0.5, 0.6) is 0 Å². The molecule has 0 radical (unpaired) electrons. The molecular formula is C17H30N2O. The molecule has 1 N–H and O–H groups in total. The van der Waals surface area contributed by atoms with E-state index in [9.17, 15) is 0 Å². The quantitative estimate of drug-likeness (QED) is 0.861. The highest BCUT2D eigenvalue weighted by Gasteiger charge is 2.23. The lowest BCUT2D eigenvalue weighted by atomic mass is 9.93. The molecule has 3 nitrogen and oxygen atoms in total. The normalized spacial score (nSPS) is 24.4. The summed E-state index contributed by atoms with van der Waals surface area (Å²) in [5.41, 5.74) is 1.35. The Kier molecular flexibility index (Phi) is 5.67. The van der Waals surface area contributed by atoms with E-state index in [1.807, 2.05) is 6.26 Å². The molecule has 0 saturated carbocycles. The fourth-order valence-corrected chi connectivity index (χ4v) is 3.05. The topological polar surface area (TPSA) is 28.4 Å². The first-order valence-corrected chi connectivity index (χ1v) is 8.06. The Morgan fingerprint density at radius 3 is 2.90 bits per heavy atom. The number of nitrogens with zero attached hydrogens (tertiary/aromatic N) is 1. The second-order valence-corrected chi connectivity index (χ2v) is 6.84. The minimum Gasteiger partial charge on any atom is -0.468 e. The van der Waals surface area contributed by atoms with Gasteiger partial charge < -0.3 is 9.73 Å². The van der Waals surface area contributed by atoms with E-state index in [0.29, 0.717) is 12.0 Å². The number of piperidine rings is 1. The van der Waals surface area contributed by atoms with Crippen molar-refractivity contribution in [1.29, 1.82) is 0 Å². The van der Waals surface area contributed by atoms with Crippen LogP contribution in [0.2, 0.25) is 0 Å². The average Bonchev–Trinajstić information content (AvgIpc) is 2.80. The molecule has 114 valence electrons. The Bertz CT molecular complexity index is 399. The second kappa shape index (κ2) is 7.28. The zero-order chi connectivity index (χ0) is 14.5. The van der Waals surface area contributed by atoms with Crippen LogP contribution in [0, 0.1) is 11.8 Å². The third kappa shape index (κ3) is 4.35. The highest BCUT2D eigenvalue weighted by Crippen LogP contribution is 2.25. The van der Waals surface area contributed by atoms with Gasteiger partial charge in [0.2, 0.25) is 0 Å². The summed E-state index contributed by atoms with van der Waals surface area (Å²) in [6, 6.07) is 2.82. The Morgan fingerprint density at radius 2 is 2.20 bits per heavy atom. The van der Waals surface area contributed by atoms with Crippen LogP contribution in [0.15, 0.2) is 16.7 Å². The largest absolute Gasteiger partial charge is 0.468 e. The van der Waals surface area contributed by atoms with Gasteiger partial charge in [0, 0.05) is 18.2 Å². The lowest BCUT2D eigenvalue weighted by Crippen LogP contribution is -2.39. The highest BCUT2D eigenvalue weighted by atomic mass is 16.3. The third-order valence-corrected chi connectivity index (χ3v) is 4.33. The summed E-state index contributed by atoms with van der Waals surface area (Å²) < 4.78 is 5.66. The lowest BCUT2D eigenvalue weighted by molar-refractivity contribution is 0.121. The molecule has 1 aliphatic heterocycles. The summed E-state index contributed by atoms with van der Waals surface area (Å²) in [4.78, 5) is 2.59. The van der Waals surface area contributed by atoms with E-state index in [1.54, 1.807) is 0 Å². The first-order valence-electron chi connectivity index (χ1n) is 8.06. The average molecular weight is 278 g/mol. The summed E-state index contributed by atoms with van der Waals surface area (Å²) in [6.45, 7) is 13.3. The van der Waals surface area contributed by atoms with Gasteiger partial charge in [0.05, 0.1) is 12.8 Å². The number of likely N-dealkylation sites (tertiary alicyclic amines) is 1. The van der Waals surface area contributed by atoms with E-state index in [-0.39, 0.29) is 0 Å². The first kappa shape index (κ1) is 15.6. The molecule has 2 unspecified atom stereocenters. The molecule has 20 heavy (non-hydrogen) atoms. The van der Waals surface area contributed by atoms with Crippen molar-refractivity contribution >= 4 is 0 Å². The maximum atomic E-state index is 5.66. The number of rotatable bonds is 6. The number of nitrogens with one attached hydrogen (secondary N) is 1. The Labute approximate surface area is 123 Å². The van der Waals surface area contributed by atoms with Crippen molar-refractivity contribution in [1.82, 2.24) is 10.2 Å². The molecule has 1 saturated heterocycles. The minimum atomic E-state index is 0.678. The van der Waals surface area contributed by atoms with E-state index in [1.165, 1.54) is 24.9 Å². The van der Waals surface area contributed by atoms with Crippen molar-refractivity contribution in [3.63, 3.8) is 0 Å². The van der Waals surface area contributed by atoms with E-state index in [0.717, 1.165) is 31.3 Å². The SMILES string of the molecule is CC(C)CNCc1occc1CN1CCC(C)CC1C. The summed E-state index contributed by atoms with van der Waals surface area (Å²) >= 11 is 0. The van der Waals surface area contributed by atoms with Gasteiger partial charge in [0.25, 0.3) is 0 Å². The molecule has 0 spiro atoms. The van der Waals surface area contributed by atoms with Crippen LogP contribution in [0.3, 0.4) is 0 Å². The predicted octanol–water partition coefficient (Wildman–Crippen LogP) is 3.65. The monoisotopic (exact) mass is 278 g/mol. The van der Waals surface area contributed by atoms with Gasteiger partial charge in [0.1, 0.15) is 5.76 Å². The van der Waals surface area contributed by atoms with Crippen molar-refractivity contribution in [3.05, 3.63) is 23.7 Å². The molecule has 0 aromatic carbocycles. The molecule has 0 amide bonds. The molecule has 1 aliphatic rings. The second-order valence-electron chi connectivity index (χ2n) is 6.84. The van der Waals surface area contributed by atoms with Crippen LogP contribution in [0.1, 0.15) is 51.9 Å². The van der Waals surface area contributed by atoms with Crippen molar-refractivity contribution in [2.24, 2.45) is 11.8 Å². The van der Waals surface area contributed by atoms with Crippen LogP contribution in [-0.4, -0.2) is 24.0 Å². The standard InChI is InChI=1S/C17H30N2O/c1-13(2)10-18-11-17-16(6-8-20-17)12-19-7-5-14(3)9-15(19)4/h6,8,13-15,18H,5,7,9-12H2,1-4H3. The van der Waals surface area contributed by atoms with Crippen LogP contribution in [0.4, 0.5) is 0 Å². The smallest absolute Gasteiger partial charge is 0.122 e. The summed E-state index contributed by atoms with van der Waals surface area (Å²) in [6.07, 6.45) is 4.47. The summed E-state index contributed by atoms with van der Waals surface area (Å²) in [5, 5.41) is 3.47. The van der Waals surface area contributed by atoms with Gasteiger partial charge in [-0.3, -0.25) is 4.90 Å². The van der Waals surface area contributed by atoms with Crippen molar-refractivity contribution < 1.29 is 4.42 Å². The van der Waals surface area contributed by atoms with E-state index < -0.39 is 0 Å². The maximum absolute atomic E-state index is 5.66. The van der Waals surface area contributed by atoms with Crippen LogP contribution in [0.25, 0.3) is 0 Å². The summed E-state index contributed by atoms with van der Waals surface area (Å²) in [7, 11) is 0. The van der Waals surface area contributed by atoms with Gasteiger partial charge in [-0.25, -0.2) is 0 Å². The van der Waals surface area contributed by atoms with Crippen molar-refractivity contribution in [3.8, 4) is 0 Å². The van der Waals surface area contributed by atoms with E-state index in [4.69, 9.17) is 4.42 Å². The maximum Gasteiger partial charge on any atom is 0.122 e. The lowest BCUT2D eigenvalue weighted by Gasteiger charge is -2.36. The van der Waals surface area contributed by atoms with Gasteiger partial charge in [-0.2, -0.15) is 0 Å². The third-order valence-electron chi connectivity index (χ3n) is 4.33. The van der Waals surface area contributed by atoms with Crippen LogP contribution in [-0.2, 0) is 13.1 Å². The number of hydrogen-bond acceptors (Lipinski definition) is 3. The first-order chi connectivity index (χ1) is 9.56. The van der Waals surface area contributed by atoms with Crippen LogP contribution < -0.4 is 5.32 Å². The molecule has 0 bridgehead atoms. The predicted molar refractivity (Wildman–Crippen MR) is 83.5 cm³/mol. The van der Waals surface area contributed by atoms with Gasteiger partial charge in [0.15, 0.2) is 0 Å². The molecule has 1 aromatic heterocycles. The van der Waals surface area contributed by atoms with Gasteiger partial charge >= 0.3 is 0 Å². The summed E-state index contributed by atoms with van der Waals surface area (Å²) in [5.74, 6) is 2.66. The zero-order valence-electron chi connectivity index (χ0n) is 13.5. The van der Waals surface area contributed by atoms with Crippen molar-refractivity contribution in [2.45, 2.75) is 59.7 Å². The van der Waals surface area contributed by atoms with E-state index >= 15 is 0 Å². The zero-order valence-corrected chi connectivity index (χ0v) is 13.5. The van der Waals surface area contributed by atoms with Gasteiger partial charge in [-0.05, 0) is 50.8 Å². The number of hydrogen-bond donors (Lipinski definition) is 1. The number of furan rings is 1. The minimum absolute atomic E-state index is 0.678. The van der Waals surface area contributed by atoms with Crippen molar-refractivity contribution in [2.75, 3.05) is 13.1 Å². The molecular weight excluding hydrogens is 248 g/mol. The molecule has 1 fully saturated rings. The molecule has 2 atom stereocenters. The fraction of sp³-hybridized carbons (Fsp3) is 0.765. The van der Waals surface area contributed by atoms with Crippen LogP contribution >= 0.6 is 0 Å². The Morgan fingerprint density at radius 1 is 1.40 bits per heavy atom. The fourth-order valence-electron chi connectivity index (χ4n) is 3.05. The molecule has 3 heteroatoms. The van der Waals surface area contributed by atoms with Gasteiger partial charge in [-0.1, -0.05) is 20.8 Å². The molecule has 2 heterocycles.